The molecule has 2 fully saturated rings. The lowest BCUT2D eigenvalue weighted by Crippen LogP contribution is -2.42. The van der Waals surface area contributed by atoms with E-state index in [2.05, 4.69) is 10.3 Å². The number of nitrogens with zero attached hydrogens (tertiary/aromatic N) is 2. The van der Waals surface area contributed by atoms with Gasteiger partial charge in [-0.15, -0.1) is 11.8 Å². The Bertz CT molecular complexity index is 705. The molecule has 2 heterocycles. The lowest BCUT2D eigenvalue weighted by atomic mass is 9.96. The molecule has 2 amide bonds. The summed E-state index contributed by atoms with van der Waals surface area (Å²) in [7, 11) is 0. The first kappa shape index (κ1) is 21.9. The SMILES string of the molecule is CC(C)(C)OC(=O)NCC1CCN(C(=O)c2cccnc2SC2CCCC2)CC1. The van der Waals surface area contributed by atoms with Crippen LogP contribution in [0.2, 0.25) is 0 Å². The van der Waals surface area contributed by atoms with Gasteiger partial charge < -0.3 is 15.0 Å². The van der Waals surface area contributed by atoms with E-state index in [1.807, 2.05) is 37.8 Å². The number of carbonyl (C=O) groups is 2. The Kier molecular flexibility index (Phi) is 7.44. The number of nitrogens with one attached hydrogen (secondary N) is 1. The number of thioether (sulfide) groups is 1. The summed E-state index contributed by atoms with van der Waals surface area (Å²) in [6.07, 6.45) is 8.15. The van der Waals surface area contributed by atoms with Crippen LogP contribution in [-0.2, 0) is 4.74 Å². The van der Waals surface area contributed by atoms with Crippen molar-refractivity contribution in [2.45, 2.75) is 75.2 Å². The van der Waals surface area contributed by atoms with E-state index < -0.39 is 5.60 Å². The molecule has 1 N–H and O–H groups in total. The predicted octanol–water partition coefficient (Wildman–Crippen LogP) is 4.49. The zero-order valence-electron chi connectivity index (χ0n) is 17.8. The van der Waals surface area contributed by atoms with Crippen LogP contribution in [0.15, 0.2) is 23.4 Å². The molecule has 0 radical (unpaired) electrons. The molecule has 2 aliphatic rings. The zero-order chi connectivity index (χ0) is 20.9. The highest BCUT2D eigenvalue weighted by Gasteiger charge is 2.27. The van der Waals surface area contributed by atoms with Crippen molar-refractivity contribution in [3.8, 4) is 0 Å². The van der Waals surface area contributed by atoms with Crippen molar-refractivity contribution in [1.82, 2.24) is 15.2 Å². The summed E-state index contributed by atoms with van der Waals surface area (Å²) >= 11 is 1.77. The molecule has 0 aromatic carbocycles. The van der Waals surface area contributed by atoms with Crippen LogP contribution in [0.1, 0.15) is 69.7 Å². The minimum absolute atomic E-state index is 0.0807. The van der Waals surface area contributed by atoms with Crippen LogP contribution in [0.4, 0.5) is 4.79 Å². The molecule has 1 saturated heterocycles. The second kappa shape index (κ2) is 9.83. The van der Waals surface area contributed by atoms with Gasteiger partial charge in [0.15, 0.2) is 0 Å². The summed E-state index contributed by atoms with van der Waals surface area (Å²) in [5.74, 6) is 0.449. The zero-order valence-corrected chi connectivity index (χ0v) is 18.6. The van der Waals surface area contributed by atoms with Crippen LogP contribution in [0.5, 0.6) is 0 Å². The molecule has 6 nitrogen and oxygen atoms in total. The maximum Gasteiger partial charge on any atom is 0.407 e. The monoisotopic (exact) mass is 419 g/mol. The number of carbonyl (C=O) groups excluding carboxylic acids is 2. The highest BCUT2D eigenvalue weighted by molar-refractivity contribution is 7.99. The second-order valence-corrected chi connectivity index (χ2v) is 10.3. The number of rotatable bonds is 5. The van der Waals surface area contributed by atoms with Crippen molar-refractivity contribution in [3.05, 3.63) is 23.9 Å². The molecule has 3 rings (SSSR count). The van der Waals surface area contributed by atoms with E-state index in [1.54, 1.807) is 18.0 Å². The maximum atomic E-state index is 13.1. The van der Waals surface area contributed by atoms with Gasteiger partial charge in [0, 0.05) is 31.1 Å². The van der Waals surface area contributed by atoms with Gasteiger partial charge in [-0.3, -0.25) is 4.79 Å². The van der Waals surface area contributed by atoms with Crippen molar-refractivity contribution in [3.63, 3.8) is 0 Å². The summed E-state index contributed by atoms with van der Waals surface area (Å²) in [5.41, 5.74) is 0.243. The summed E-state index contributed by atoms with van der Waals surface area (Å²) < 4.78 is 5.29. The molecule has 7 heteroatoms. The molecular weight excluding hydrogens is 386 g/mol. The quantitative estimate of drug-likeness (QED) is 0.761. The fourth-order valence-electron chi connectivity index (χ4n) is 3.86. The van der Waals surface area contributed by atoms with Crippen LogP contribution in [0.3, 0.4) is 0 Å². The van der Waals surface area contributed by atoms with Crippen molar-refractivity contribution in [2.24, 2.45) is 5.92 Å². The molecule has 0 bridgehead atoms. The number of hydrogen-bond donors (Lipinski definition) is 1. The first-order chi connectivity index (χ1) is 13.8. The number of ether oxygens (including phenoxy) is 1. The molecule has 1 aromatic heterocycles. The van der Waals surface area contributed by atoms with Crippen molar-refractivity contribution < 1.29 is 14.3 Å². The van der Waals surface area contributed by atoms with Gasteiger partial charge in [-0.1, -0.05) is 12.8 Å². The van der Waals surface area contributed by atoms with E-state index in [0.29, 0.717) is 30.8 Å². The summed E-state index contributed by atoms with van der Waals surface area (Å²) in [4.78, 5) is 31.4. The average molecular weight is 420 g/mol. The van der Waals surface area contributed by atoms with Crippen molar-refractivity contribution in [1.29, 1.82) is 0 Å². The van der Waals surface area contributed by atoms with Crippen LogP contribution in [-0.4, -0.2) is 52.4 Å². The first-order valence-corrected chi connectivity index (χ1v) is 11.6. The van der Waals surface area contributed by atoms with Gasteiger partial charge in [0.25, 0.3) is 5.91 Å². The summed E-state index contributed by atoms with van der Waals surface area (Å²) in [5, 5.41) is 4.31. The van der Waals surface area contributed by atoms with E-state index >= 15 is 0 Å². The highest BCUT2D eigenvalue weighted by atomic mass is 32.2. The molecule has 0 unspecified atom stereocenters. The minimum atomic E-state index is -0.488. The van der Waals surface area contributed by atoms with Gasteiger partial charge in [0.2, 0.25) is 0 Å². The third kappa shape index (κ3) is 6.63. The van der Waals surface area contributed by atoms with E-state index in [9.17, 15) is 9.59 Å². The van der Waals surface area contributed by atoms with Crippen LogP contribution >= 0.6 is 11.8 Å². The maximum absolute atomic E-state index is 13.1. The van der Waals surface area contributed by atoms with Crippen LogP contribution in [0.25, 0.3) is 0 Å². The van der Waals surface area contributed by atoms with Crippen molar-refractivity contribution >= 4 is 23.8 Å². The molecule has 0 spiro atoms. The lowest BCUT2D eigenvalue weighted by molar-refractivity contribution is 0.0500. The van der Waals surface area contributed by atoms with Crippen LogP contribution in [0, 0.1) is 5.92 Å². The molecule has 29 heavy (non-hydrogen) atoms. The Hall–Kier alpha value is -1.76. The smallest absolute Gasteiger partial charge is 0.407 e. The molecule has 160 valence electrons. The number of aromatic nitrogens is 1. The Labute approximate surface area is 178 Å². The van der Waals surface area contributed by atoms with E-state index in [1.165, 1.54) is 25.7 Å². The number of piperidine rings is 1. The van der Waals surface area contributed by atoms with E-state index in [0.717, 1.165) is 23.4 Å². The Morgan fingerprint density at radius 3 is 2.55 bits per heavy atom. The predicted molar refractivity (Wildman–Crippen MR) is 115 cm³/mol. The lowest BCUT2D eigenvalue weighted by Gasteiger charge is -2.32. The van der Waals surface area contributed by atoms with Gasteiger partial charge >= 0.3 is 6.09 Å². The number of hydrogen-bond acceptors (Lipinski definition) is 5. The third-order valence-corrected chi connectivity index (χ3v) is 6.77. The number of alkyl carbamates (subject to hydrolysis) is 1. The fourth-order valence-corrected chi connectivity index (χ4v) is 5.15. The van der Waals surface area contributed by atoms with Gasteiger partial charge in [-0.05, 0) is 64.5 Å². The van der Waals surface area contributed by atoms with Gasteiger partial charge in [-0.25, -0.2) is 9.78 Å². The second-order valence-electron chi connectivity index (χ2n) is 9.00. The first-order valence-electron chi connectivity index (χ1n) is 10.7. The topological polar surface area (TPSA) is 71.5 Å². The standard InChI is InChI=1S/C22H33N3O3S/c1-22(2,3)28-21(27)24-15-16-10-13-25(14-11-16)20(26)18-9-6-12-23-19(18)29-17-7-4-5-8-17/h6,9,12,16-17H,4-5,7-8,10-11,13-15H2,1-3H3,(H,24,27). The average Bonchev–Trinajstić information content (AvgIpc) is 3.18. The Morgan fingerprint density at radius 1 is 1.21 bits per heavy atom. The number of likely N-dealkylation sites (tertiary alicyclic amines) is 1. The number of amides is 2. The van der Waals surface area contributed by atoms with Crippen LogP contribution < -0.4 is 5.32 Å². The van der Waals surface area contributed by atoms with Gasteiger partial charge in [-0.2, -0.15) is 0 Å². The van der Waals surface area contributed by atoms with E-state index in [4.69, 9.17) is 4.74 Å². The fraction of sp³-hybridized carbons (Fsp3) is 0.682. The number of pyridine rings is 1. The normalized spacial score (nSPS) is 18.7. The molecular formula is C22H33N3O3S. The largest absolute Gasteiger partial charge is 0.444 e. The third-order valence-electron chi connectivity index (χ3n) is 5.42. The van der Waals surface area contributed by atoms with Gasteiger partial charge in [0.1, 0.15) is 10.6 Å². The van der Waals surface area contributed by atoms with Crippen molar-refractivity contribution in [2.75, 3.05) is 19.6 Å². The summed E-state index contributed by atoms with van der Waals surface area (Å²) in [6.45, 7) is 7.58. The molecule has 1 aromatic rings. The molecule has 1 aliphatic heterocycles. The minimum Gasteiger partial charge on any atom is -0.444 e. The summed E-state index contributed by atoms with van der Waals surface area (Å²) in [6, 6.07) is 3.76. The molecule has 0 atom stereocenters. The van der Waals surface area contributed by atoms with E-state index in [-0.39, 0.29) is 12.0 Å². The molecule has 1 aliphatic carbocycles. The Morgan fingerprint density at radius 2 is 1.90 bits per heavy atom. The Balaban J connectivity index is 1.49. The van der Waals surface area contributed by atoms with Gasteiger partial charge in [0.05, 0.1) is 5.56 Å². The molecule has 1 saturated carbocycles. The highest BCUT2D eigenvalue weighted by Crippen LogP contribution is 2.35.